The van der Waals surface area contributed by atoms with Crippen LogP contribution in [0.3, 0.4) is 0 Å². The number of nitrogens with one attached hydrogen (secondary N) is 3. The Kier molecular flexibility index (Phi) is 3.77. The van der Waals surface area contributed by atoms with Crippen molar-refractivity contribution in [3.8, 4) is 0 Å². The fourth-order valence-corrected chi connectivity index (χ4v) is 2.13. The lowest BCUT2D eigenvalue weighted by atomic mass is 10.2. The third-order valence-corrected chi connectivity index (χ3v) is 3.41. The van der Waals surface area contributed by atoms with Gasteiger partial charge in [-0.25, -0.2) is 15.5 Å². The summed E-state index contributed by atoms with van der Waals surface area (Å²) in [6, 6.07) is 6.50. The molecule has 2 aromatic rings. The smallest absolute Gasteiger partial charge is 0.274 e. The Labute approximate surface area is 130 Å². The van der Waals surface area contributed by atoms with Crippen LogP contribution in [0.5, 0.6) is 0 Å². The average molecular weight is 314 g/mol. The lowest BCUT2D eigenvalue weighted by molar-refractivity contribution is 0.0706. The molecule has 9 heteroatoms. The summed E-state index contributed by atoms with van der Waals surface area (Å²) in [6.45, 7) is 0. The van der Waals surface area contributed by atoms with Crippen LogP contribution in [0.1, 0.15) is 16.1 Å². The van der Waals surface area contributed by atoms with Crippen molar-refractivity contribution >= 4 is 23.6 Å². The average Bonchev–Trinajstić information content (AvgIpc) is 2.58. The molecule has 23 heavy (non-hydrogen) atoms. The summed E-state index contributed by atoms with van der Waals surface area (Å²) in [5.74, 6) is -0.0275. The SMILES string of the molecule is Cn1c2c(ncc1=O)NC(Nc1ccc(C(=O)NO)cc1)N=C2. The molecule has 1 aliphatic rings. The second-order valence-corrected chi connectivity index (χ2v) is 4.88. The molecule has 1 aromatic heterocycles. The maximum Gasteiger partial charge on any atom is 0.274 e. The van der Waals surface area contributed by atoms with Gasteiger partial charge in [-0.3, -0.25) is 14.8 Å². The van der Waals surface area contributed by atoms with Gasteiger partial charge >= 0.3 is 0 Å². The maximum atomic E-state index is 11.5. The first-order valence-electron chi connectivity index (χ1n) is 6.75. The van der Waals surface area contributed by atoms with Crippen molar-refractivity contribution in [2.75, 3.05) is 10.6 Å². The van der Waals surface area contributed by atoms with E-state index in [4.69, 9.17) is 5.21 Å². The first-order chi connectivity index (χ1) is 11.1. The first-order valence-corrected chi connectivity index (χ1v) is 6.75. The lowest BCUT2D eigenvalue weighted by Crippen LogP contribution is -2.34. The van der Waals surface area contributed by atoms with Crippen LogP contribution in [0.4, 0.5) is 11.5 Å². The van der Waals surface area contributed by atoms with E-state index in [1.165, 1.54) is 10.8 Å². The van der Waals surface area contributed by atoms with E-state index < -0.39 is 12.2 Å². The van der Waals surface area contributed by atoms with Crippen molar-refractivity contribution < 1.29 is 10.0 Å². The molecular formula is C14H14N6O3. The summed E-state index contributed by atoms with van der Waals surface area (Å²) in [5.41, 5.74) is 3.02. The molecule has 4 N–H and O–H groups in total. The Morgan fingerprint density at radius 3 is 2.78 bits per heavy atom. The Hall–Kier alpha value is -3.20. The molecular weight excluding hydrogens is 300 g/mol. The van der Waals surface area contributed by atoms with E-state index in [9.17, 15) is 9.59 Å². The number of hydrogen-bond acceptors (Lipinski definition) is 7. The normalized spacial score (nSPS) is 15.5. The van der Waals surface area contributed by atoms with Gasteiger partial charge in [-0.2, -0.15) is 0 Å². The van der Waals surface area contributed by atoms with E-state index in [1.54, 1.807) is 43.0 Å². The monoisotopic (exact) mass is 314 g/mol. The first kappa shape index (κ1) is 14.7. The van der Waals surface area contributed by atoms with E-state index in [1.807, 2.05) is 0 Å². The third-order valence-electron chi connectivity index (χ3n) is 3.41. The maximum absolute atomic E-state index is 11.5. The zero-order chi connectivity index (χ0) is 16.4. The van der Waals surface area contributed by atoms with E-state index in [-0.39, 0.29) is 5.56 Å². The fourth-order valence-electron chi connectivity index (χ4n) is 2.13. The highest BCUT2D eigenvalue weighted by atomic mass is 16.5. The van der Waals surface area contributed by atoms with E-state index in [0.717, 1.165) is 5.69 Å². The minimum Gasteiger partial charge on any atom is -0.347 e. The van der Waals surface area contributed by atoms with Gasteiger partial charge in [-0.15, -0.1) is 0 Å². The van der Waals surface area contributed by atoms with Gasteiger partial charge in [0.15, 0.2) is 12.1 Å². The summed E-state index contributed by atoms with van der Waals surface area (Å²) >= 11 is 0. The fraction of sp³-hybridized carbons (Fsp3) is 0.143. The Balaban J connectivity index is 1.75. The van der Waals surface area contributed by atoms with Crippen molar-refractivity contribution in [1.82, 2.24) is 15.0 Å². The van der Waals surface area contributed by atoms with Crippen molar-refractivity contribution in [1.29, 1.82) is 0 Å². The van der Waals surface area contributed by atoms with E-state index >= 15 is 0 Å². The number of aliphatic imine (C=N–C) groups is 1. The number of nitrogens with zero attached hydrogens (tertiary/aromatic N) is 3. The van der Waals surface area contributed by atoms with Gasteiger partial charge in [-0.1, -0.05) is 0 Å². The second-order valence-electron chi connectivity index (χ2n) is 4.88. The number of hydroxylamine groups is 1. The third kappa shape index (κ3) is 2.90. The van der Waals surface area contributed by atoms with Crippen LogP contribution in [0.2, 0.25) is 0 Å². The summed E-state index contributed by atoms with van der Waals surface area (Å²) < 4.78 is 1.46. The molecule has 1 aliphatic heterocycles. The second kappa shape index (κ2) is 5.89. The largest absolute Gasteiger partial charge is 0.347 e. The van der Waals surface area contributed by atoms with Crippen LogP contribution in [-0.2, 0) is 7.05 Å². The van der Waals surface area contributed by atoms with Crippen molar-refractivity contribution in [3.05, 3.63) is 52.1 Å². The molecule has 0 bridgehead atoms. The minimum atomic E-state index is -0.579. The van der Waals surface area contributed by atoms with Gasteiger partial charge in [0.25, 0.3) is 11.5 Å². The predicted molar refractivity (Wildman–Crippen MR) is 83.8 cm³/mol. The number of anilines is 2. The summed E-state index contributed by atoms with van der Waals surface area (Å²) in [6.07, 6.45) is 2.36. The Morgan fingerprint density at radius 1 is 1.35 bits per heavy atom. The van der Waals surface area contributed by atoms with Crippen LogP contribution in [-0.4, -0.2) is 33.2 Å². The van der Waals surface area contributed by atoms with Gasteiger partial charge < -0.3 is 15.2 Å². The minimum absolute atomic E-state index is 0.207. The Bertz CT molecular complexity index is 827. The molecule has 0 radical (unpaired) electrons. The summed E-state index contributed by atoms with van der Waals surface area (Å²) in [4.78, 5) is 31.1. The number of carbonyl (C=O) groups is 1. The van der Waals surface area contributed by atoms with Gasteiger partial charge in [0.1, 0.15) is 5.69 Å². The van der Waals surface area contributed by atoms with Gasteiger partial charge in [0, 0.05) is 18.3 Å². The molecule has 0 saturated carbocycles. The molecule has 0 spiro atoms. The molecule has 1 aromatic carbocycles. The number of fused-ring (bicyclic) bond motifs is 1. The molecule has 1 atom stereocenters. The standard InChI is InChI=1S/C14H14N6O3/c1-20-10-6-16-14(18-12(10)15-7-11(20)21)17-9-4-2-8(3-5-9)13(22)19-23/h2-7,14,17-18,23H,1H3,(H,19,22). The van der Waals surface area contributed by atoms with E-state index in [0.29, 0.717) is 17.1 Å². The molecule has 9 nitrogen and oxygen atoms in total. The number of carbonyl (C=O) groups excluding carboxylic acids is 1. The molecule has 0 saturated heterocycles. The number of hydrogen-bond donors (Lipinski definition) is 4. The Morgan fingerprint density at radius 2 is 2.09 bits per heavy atom. The number of aromatic nitrogens is 2. The number of rotatable bonds is 3. The van der Waals surface area contributed by atoms with Crippen molar-refractivity contribution in [3.63, 3.8) is 0 Å². The molecule has 0 fully saturated rings. The molecule has 3 rings (SSSR count). The quantitative estimate of drug-likeness (QED) is 0.472. The topological polar surface area (TPSA) is 121 Å². The molecule has 118 valence electrons. The lowest BCUT2D eigenvalue weighted by Gasteiger charge is -2.23. The van der Waals surface area contributed by atoms with Crippen LogP contribution in [0, 0.1) is 0 Å². The molecule has 0 aliphatic carbocycles. The van der Waals surface area contributed by atoms with Gasteiger partial charge in [-0.05, 0) is 24.3 Å². The van der Waals surface area contributed by atoms with Gasteiger partial charge in [0.2, 0.25) is 0 Å². The number of benzene rings is 1. The molecule has 2 heterocycles. The summed E-state index contributed by atoms with van der Waals surface area (Å²) in [7, 11) is 1.65. The zero-order valence-electron chi connectivity index (χ0n) is 12.1. The molecule has 1 unspecified atom stereocenters. The zero-order valence-corrected chi connectivity index (χ0v) is 12.1. The van der Waals surface area contributed by atoms with Crippen LogP contribution >= 0.6 is 0 Å². The highest BCUT2D eigenvalue weighted by Crippen LogP contribution is 2.16. The van der Waals surface area contributed by atoms with Crippen LogP contribution in [0.15, 0.2) is 40.2 Å². The predicted octanol–water partition coefficient (Wildman–Crippen LogP) is 0.139. The summed E-state index contributed by atoms with van der Waals surface area (Å²) in [5, 5.41) is 14.8. The highest BCUT2D eigenvalue weighted by Gasteiger charge is 2.17. The van der Waals surface area contributed by atoms with Crippen molar-refractivity contribution in [2.24, 2.45) is 12.0 Å². The van der Waals surface area contributed by atoms with E-state index in [2.05, 4.69) is 20.6 Å². The van der Waals surface area contributed by atoms with Crippen LogP contribution in [0.25, 0.3) is 0 Å². The van der Waals surface area contributed by atoms with Gasteiger partial charge in [0.05, 0.1) is 12.4 Å². The number of amides is 1. The molecule has 1 amide bonds. The van der Waals surface area contributed by atoms with Crippen molar-refractivity contribution in [2.45, 2.75) is 6.29 Å². The highest BCUT2D eigenvalue weighted by molar-refractivity contribution is 5.93. The van der Waals surface area contributed by atoms with Crippen LogP contribution < -0.4 is 21.7 Å².